The van der Waals surface area contributed by atoms with E-state index in [1.54, 1.807) is 48.5 Å². The molecule has 0 radical (unpaired) electrons. The summed E-state index contributed by atoms with van der Waals surface area (Å²) in [6.07, 6.45) is 1.38. The predicted octanol–water partition coefficient (Wildman–Crippen LogP) is 7.04. The molecule has 2 aromatic rings. The highest BCUT2D eigenvalue weighted by atomic mass is 16.5. The van der Waals surface area contributed by atoms with Gasteiger partial charge in [-0.2, -0.15) is 0 Å². The van der Waals surface area contributed by atoms with Crippen LogP contribution in [0.5, 0.6) is 23.0 Å². The molecule has 2 aromatic carbocycles. The van der Waals surface area contributed by atoms with Crippen molar-refractivity contribution in [1.82, 2.24) is 0 Å². The van der Waals surface area contributed by atoms with Crippen molar-refractivity contribution in [2.75, 3.05) is 0 Å². The van der Waals surface area contributed by atoms with Crippen LogP contribution in [0.2, 0.25) is 0 Å². The van der Waals surface area contributed by atoms with E-state index in [2.05, 4.69) is 13.2 Å². The van der Waals surface area contributed by atoms with Crippen molar-refractivity contribution in [2.45, 2.75) is 40.5 Å². The molecule has 0 spiro atoms. The second kappa shape index (κ2) is 10.4. The highest BCUT2D eigenvalue weighted by Crippen LogP contribution is 2.28. The summed E-state index contributed by atoms with van der Waals surface area (Å²) in [5, 5.41) is 18.9. The SMILES string of the molecule is C=C(C)C(Oc1ccc(O)cc1)=C(C)C(=C)CCC(Oc1ccc(O)cc1)=C(C)C. The van der Waals surface area contributed by atoms with Gasteiger partial charge in [0.15, 0.2) is 0 Å². The quantitative estimate of drug-likeness (QED) is 0.346. The molecule has 0 saturated heterocycles. The van der Waals surface area contributed by atoms with Crippen molar-refractivity contribution < 1.29 is 19.7 Å². The lowest BCUT2D eigenvalue weighted by molar-refractivity contribution is 0.394. The smallest absolute Gasteiger partial charge is 0.132 e. The third kappa shape index (κ3) is 6.59. The first-order valence-corrected chi connectivity index (χ1v) is 9.82. The molecule has 0 aromatic heterocycles. The number of aromatic hydroxyl groups is 2. The van der Waals surface area contributed by atoms with Crippen molar-refractivity contribution in [2.24, 2.45) is 0 Å². The number of ether oxygens (including phenoxy) is 2. The van der Waals surface area contributed by atoms with Crippen LogP contribution in [0.15, 0.2) is 95.5 Å². The van der Waals surface area contributed by atoms with Gasteiger partial charge in [0, 0.05) is 6.42 Å². The van der Waals surface area contributed by atoms with Gasteiger partial charge in [-0.05, 0) is 105 Å². The largest absolute Gasteiger partial charge is 0.508 e. The van der Waals surface area contributed by atoms with Crippen LogP contribution in [0, 0.1) is 0 Å². The molecule has 0 aliphatic heterocycles. The molecule has 158 valence electrons. The highest BCUT2D eigenvalue weighted by Gasteiger charge is 2.12. The van der Waals surface area contributed by atoms with Crippen LogP contribution in [0.1, 0.15) is 40.5 Å². The number of benzene rings is 2. The van der Waals surface area contributed by atoms with Crippen molar-refractivity contribution in [1.29, 1.82) is 0 Å². The topological polar surface area (TPSA) is 58.9 Å². The molecule has 2 N–H and O–H groups in total. The first-order valence-electron chi connectivity index (χ1n) is 9.82. The number of phenolic OH excluding ortho intramolecular Hbond substituents is 2. The Hall–Kier alpha value is -3.40. The van der Waals surface area contributed by atoms with E-state index < -0.39 is 0 Å². The Morgan fingerprint density at radius 3 is 1.63 bits per heavy atom. The van der Waals surface area contributed by atoms with E-state index in [4.69, 9.17) is 9.47 Å². The van der Waals surface area contributed by atoms with Crippen molar-refractivity contribution in [3.05, 3.63) is 95.5 Å². The summed E-state index contributed by atoms with van der Waals surface area (Å²) in [4.78, 5) is 0. The molecule has 0 fully saturated rings. The van der Waals surface area contributed by atoms with Crippen LogP contribution in [0.25, 0.3) is 0 Å². The third-order valence-electron chi connectivity index (χ3n) is 4.60. The molecule has 0 unspecified atom stereocenters. The lowest BCUT2D eigenvalue weighted by atomic mass is 9.99. The Morgan fingerprint density at radius 2 is 1.20 bits per heavy atom. The number of rotatable bonds is 9. The highest BCUT2D eigenvalue weighted by molar-refractivity contribution is 5.41. The molecule has 4 nitrogen and oxygen atoms in total. The average Bonchev–Trinajstić information content (AvgIpc) is 2.70. The molecule has 30 heavy (non-hydrogen) atoms. The van der Waals surface area contributed by atoms with Gasteiger partial charge >= 0.3 is 0 Å². The molecule has 0 aliphatic rings. The molecule has 0 saturated carbocycles. The predicted molar refractivity (Wildman–Crippen MR) is 122 cm³/mol. The minimum absolute atomic E-state index is 0.187. The Balaban J connectivity index is 2.11. The Labute approximate surface area is 179 Å². The van der Waals surface area contributed by atoms with E-state index in [1.807, 2.05) is 27.7 Å². The van der Waals surface area contributed by atoms with Crippen molar-refractivity contribution >= 4 is 0 Å². The van der Waals surface area contributed by atoms with Gasteiger partial charge in [0.05, 0.1) is 0 Å². The van der Waals surface area contributed by atoms with Crippen molar-refractivity contribution in [3.63, 3.8) is 0 Å². The maximum absolute atomic E-state index is 9.46. The number of phenols is 2. The lowest BCUT2D eigenvalue weighted by Gasteiger charge is -2.17. The van der Waals surface area contributed by atoms with Gasteiger partial charge in [0.25, 0.3) is 0 Å². The van der Waals surface area contributed by atoms with E-state index in [9.17, 15) is 10.2 Å². The molecule has 0 amide bonds. The summed E-state index contributed by atoms with van der Waals surface area (Å²) in [6.45, 7) is 16.1. The van der Waals surface area contributed by atoms with Crippen LogP contribution < -0.4 is 9.47 Å². The van der Waals surface area contributed by atoms with Gasteiger partial charge in [-0.25, -0.2) is 0 Å². The molecule has 4 heteroatoms. The van der Waals surface area contributed by atoms with Gasteiger partial charge in [0.1, 0.15) is 34.5 Å². The Bertz CT molecular complexity index is 957. The average molecular weight is 407 g/mol. The fraction of sp³-hybridized carbons (Fsp3) is 0.231. The van der Waals surface area contributed by atoms with Crippen LogP contribution in [0.3, 0.4) is 0 Å². The second-order valence-corrected chi connectivity index (χ2v) is 7.45. The summed E-state index contributed by atoms with van der Waals surface area (Å²) in [6, 6.07) is 13.3. The van der Waals surface area contributed by atoms with Gasteiger partial charge < -0.3 is 19.7 Å². The third-order valence-corrected chi connectivity index (χ3v) is 4.60. The van der Waals surface area contributed by atoms with E-state index in [-0.39, 0.29) is 11.5 Å². The molecular formula is C26H30O4. The zero-order chi connectivity index (χ0) is 22.3. The van der Waals surface area contributed by atoms with Crippen molar-refractivity contribution in [3.8, 4) is 23.0 Å². The summed E-state index contributed by atoms with van der Waals surface area (Å²) in [5.41, 5.74) is 3.73. The van der Waals surface area contributed by atoms with Gasteiger partial charge in [0.2, 0.25) is 0 Å². The van der Waals surface area contributed by atoms with E-state index in [1.165, 1.54) is 0 Å². The fourth-order valence-corrected chi connectivity index (χ4v) is 2.79. The summed E-state index contributed by atoms with van der Waals surface area (Å²) in [7, 11) is 0. The normalized spacial score (nSPS) is 11.3. The molecule has 0 heterocycles. The summed E-state index contributed by atoms with van der Waals surface area (Å²) >= 11 is 0. The minimum Gasteiger partial charge on any atom is -0.508 e. The maximum Gasteiger partial charge on any atom is 0.132 e. The first-order chi connectivity index (χ1) is 14.2. The van der Waals surface area contributed by atoms with Crippen LogP contribution in [-0.4, -0.2) is 10.2 Å². The fourth-order valence-electron chi connectivity index (χ4n) is 2.79. The molecule has 0 atom stereocenters. The van der Waals surface area contributed by atoms with E-state index >= 15 is 0 Å². The zero-order valence-electron chi connectivity index (χ0n) is 18.2. The number of hydrogen-bond acceptors (Lipinski definition) is 4. The standard InChI is InChI=1S/C26H30O4/c1-17(2)25(29-23-12-8-21(27)9-13-23)16-7-19(5)20(6)26(18(3)4)30-24-14-10-22(28)11-15-24/h8-15,27-28H,3,5,7,16H2,1-2,4,6H3. The molecule has 0 aliphatic carbocycles. The van der Waals surface area contributed by atoms with Gasteiger partial charge in [-0.1, -0.05) is 13.2 Å². The number of allylic oxidation sites excluding steroid dienone is 5. The zero-order valence-corrected chi connectivity index (χ0v) is 18.2. The van der Waals surface area contributed by atoms with Crippen LogP contribution >= 0.6 is 0 Å². The van der Waals surface area contributed by atoms with Gasteiger partial charge in [-0.15, -0.1) is 0 Å². The monoisotopic (exact) mass is 406 g/mol. The molecule has 2 rings (SSSR count). The van der Waals surface area contributed by atoms with E-state index in [0.717, 1.165) is 28.1 Å². The maximum atomic E-state index is 9.46. The summed E-state index contributed by atoms with van der Waals surface area (Å²) < 4.78 is 12.0. The summed E-state index contributed by atoms with van der Waals surface area (Å²) in [5.74, 6) is 3.23. The molecule has 0 bridgehead atoms. The Morgan fingerprint density at radius 1 is 0.733 bits per heavy atom. The van der Waals surface area contributed by atoms with E-state index in [0.29, 0.717) is 30.1 Å². The van der Waals surface area contributed by atoms with Crippen LogP contribution in [0.4, 0.5) is 0 Å². The van der Waals surface area contributed by atoms with Gasteiger partial charge in [-0.3, -0.25) is 0 Å². The second-order valence-electron chi connectivity index (χ2n) is 7.45. The minimum atomic E-state index is 0.187. The van der Waals surface area contributed by atoms with Crippen LogP contribution in [-0.2, 0) is 0 Å². The number of hydrogen-bond donors (Lipinski definition) is 2. The lowest BCUT2D eigenvalue weighted by Crippen LogP contribution is -2.03. The Kier molecular flexibility index (Phi) is 7.93. The first kappa shape index (κ1) is 22.9. The molecular weight excluding hydrogens is 376 g/mol.